The average molecular weight is 613 g/mol. The summed E-state index contributed by atoms with van der Waals surface area (Å²) in [5.41, 5.74) is 4.63. The van der Waals surface area contributed by atoms with Gasteiger partial charge in [0.05, 0.1) is 25.2 Å². The fraction of sp³-hybridized carbons (Fsp3) is 0.719. The van der Waals surface area contributed by atoms with Crippen LogP contribution in [0.3, 0.4) is 0 Å². The zero-order chi connectivity index (χ0) is 26.2. The minimum absolute atomic E-state index is 0. The summed E-state index contributed by atoms with van der Waals surface area (Å²) in [7, 11) is 0. The lowest BCUT2D eigenvalue weighted by atomic mass is 10.0. The lowest BCUT2D eigenvalue weighted by Gasteiger charge is -2.17. The Balaban J connectivity index is 0.00000722. The van der Waals surface area contributed by atoms with Crippen LogP contribution < -0.4 is 21.5 Å². The molecule has 1 aromatic heterocycles. The van der Waals surface area contributed by atoms with Crippen LogP contribution in [0.15, 0.2) is 41.4 Å². The molecule has 2 aromatic rings. The highest BCUT2D eigenvalue weighted by atomic mass is 79.9. The number of ether oxygens (including phenoxy) is 3. The number of unbranched alkanes of at least 4 members (excludes halogenated alkanes) is 13. The summed E-state index contributed by atoms with van der Waals surface area (Å²) in [6.45, 7) is 8.53. The zero-order valence-electron chi connectivity index (χ0n) is 24.2. The van der Waals surface area contributed by atoms with Gasteiger partial charge in [0.15, 0.2) is 12.7 Å². The predicted octanol–water partition coefficient (Wildman–Crippen LogP) is 5.51. The molecule has 218 valence electrons. The Morgan fingerprint density at radius 2 is 1.26 bits per heavy atom. The van der Waals surface area contributed by atoms with Gasteiger partial charge in [0.1, 0.15) is 6.10 Å². The highest BCUT2D eigenvalue weighted by Crippen LogP contribution is 2.13. The van der Waals surface area contributed by atoms with E-state index in [2.05, 4.69) is 52.8 Å². The smallest absolute Gasteiger partial charge is 0.224 e. The maximum atomic E-state index is 5.95. The fourth-order valence-electron chi connectivity index (χ4n) is 4.61. The molecule has 1 aromatic carbocycles. The first-order valence-corrected chi connectivity index (χ1v) is 16.0. The minimum Gasteiger partial charge on any atom is -1.00 e. The Kier molecular flexibility index (Phi) is 23.4. The van der Waals surface area contributed by atoms with E-state index >= 15 is 0 Å². The van der Waals surface area contributed by atoms with Crippen LogP contribution in [0.4, 0.5) is 0 Å². The molecule has 0 fully saturated rings. The Labute approximate surface area is 248 Å². The van der Waals surface area contributed by atoms with E-state index in [0.717, 1.165) is 19.6 Å². The number of thiazole rings is 1. The molecule has 0 radical (unpaired) electrons. The Bertz CT molecular complexity index is 742. The molecule has 4 nitrogen and oxygen atoms in total. The van der Waals surface area contributed by atoms with Gasteiger partial charge < -0.3 is 31.2 Å². The largest absolute Gasteiger partial charge is 1.00 e. The summed E-state index contributed by atoms with van der Waals surface area (Å²) < 4.78 is 19.9. The van der Waals surface area contributed by atoms with E-state index < -0.39 is 0 Å². The molecule has 0 bridgehead atoms. The zero-order valence-corrected chi connectivity index (χ0v) is 26.6. The normalized spacial score (nSPS) is 11.9. The molecule has 0 saturated heterocycles. The van der Waals surface area contributed by atoms with Crippen LogP contribution >= 0.6 is 11.3 Å². The van der Waals surface area contributed by atoms with Crippen LogP contribution in [0, 0.1) is 0 Å². The quantitative estimate of drug-likeness (QED) is 0.110. The number of benzene rings is 1. The summed E-state index contributed by atoms with van der Waals surface area (Å²) in [6.07, 6.45) is 21.5. The van der Waals surface area contributed by atoms with Gasteiger partial charge in [-0.05, 0) is 18.9 Å². The maximum absolute atomic E-state index is 5.95. The first kappa shape index (κ1) is 35.2. The molecule has 0 aliphatic rings. The van der Waals surface area contributed by atoms with Gasteiger partial charge in [-0.1, -0.05) is 126 Å². The molecule has 0 N–H and O–H groups in total. The molecule has 1 atom stereocenters. The molecule has 2 rings (SSSR count). The van der Waals surface area contributed by atoms with E-state index in [9.17, 15) is 0 Å². The Morgan fingerprint density at radius 3 is 1.82 bits per heavy atom. The number of hydrogen-bond donors (Lipinski definition) is 0. The van der Waals surface area contributed by atoms with Crippen LogP contribution in [0.25, 0.3) is 0 Å². The van der Waals surface area contributed by atoms with Gasteiger partial charge in [0.25, 0.3) is 0 Å². The van der Waals surface area contributed by atoms with Gasteiger partial charge >= 0.3 is 0 Å². The SMILES string of the molecule is CCCCCCCCCCCCCCCCOCC(COCc1ccc(C[n+]2ccsc2)cc1)OCC.[Br-]. The predicted molar refractivity (Wildman–Crippen MR) is 156 cm³/mol. The average Bonchev–Trinajstić information content (AvgIpc) is 3.42. The van der Waals surface area contributed by atoms with Gasteiger partial charge in [-0.3, -0.25) is 0 Å². The van der Waals surface area contributed by atoms with Crippen molar-refractivity contribution >= 4 is 11.3 Å². The monoisotopic (exact) mass is 611 g/mol. The molecule has 0 aliphatic carbocycles. The third kappa shape index (κ3) is 18.5. The van der Waals surface area contributed by atoms with Gasteiger partial charge in [-0.25, -0.2) is 0 Å². The van der Waals surface area contributed by atoms with E-state index in [0.29, 0.717) is 26.4 Å². The molecule has 38 heavy (non-hydrogen) atoms. The highest BCUT2D eigenvalue weighted by Gasteiger charge is 2.10. The van der Waals surface area contributed by atoms with Gasteiger partial charge in [0, 0.05) is 18.8 Å². The van der Waals surface area contributed by atoms with Crippen molar-refractivity contribution in [3.05, 3.63) is 52.5 Å². The molecule has 6 heteroatoms. The van der Waals surface area contributed by atoms with Crippen molar-refractivity contribution in [3.8, 4) is 0 Å². The Morgan fingerprint density at radius 1 is 0.711 bits per heavy atom. The summed E-state index contributed by atoms with van der Waals surface area (Å²) >= 11 is 1.72. The maximum Gasteiger partial charge on any atom is 0.224 e. The summed E-state index contributed by atoms with van der Waals surface area (Å²) in [4.78, 5) is 0. The van der Waals surface area contributed by atoms with Crippen LogP contribution in [-0.4, -0.2) is 32.5 Å². The highest BCUT2D eigenvalue weighted by molar-refractivity contribution is 7.07. The van der Waals surface area contributed by atoms with Crippen LogP contribution in [-0.2, 0) is 27.4 Å². The number of hydrogen-bond acceptors (Lipinski definition) is 4. The van der Waals surface area contributed by atoms with Crippen molar-refractivity contribution in [2.24, 2.45) is 0 Å². The van der Waals surface area contributed by atoms with Crippen LogP contribution in [0.1, 0.15) is 115 Å². The first-order chi connectivity index (χ1) is 18.3. The third-order valence-electron chi connectivity index (χ3n) is 6.84. The lowest BCUT2D eigenvalue weighted by Crippen LogP contribution is -3.00. The number of aromatic nitrogens is 1. The number of rotatable bonds is 25. The summed E-state index contributed by atoms with van der Waals surface area (Å²) in [6, 6.07) is 8.68. The Hall–Kier alpha value is -0.790. The van der Waals surface area contributed by atoms with Crippen molar-refractivity contribution in [1.29, 1.82) is 0 Å². The van der Waals surface area contributed by atoms with Crippen molar-refractivity contribution < 1.29 is 35.8 Å². The molecular weight excluding hydrogens is 558 g/mol. The minimum atomic E-state index is 0. The molecule has 0 amide bonds. The molecule has 1 unspecified atom stereocenters. The number of nitrogens with zero attached hydrogens (tertiary/aromatic N) is 1. The summed E-state index contributed by atoms with van der Waals surface area (Å²) in [5.74, 6) is 0. The van der Waals surface area contributed by atoms with Crippen molar-refractivity contribution in [1.82, 2.24) is 0 Å². The standard InChI is InChI=1S/C32H54NO3S.BrH/c1-3-5-6-7-8-9-10-11-12-13-14-15-16-17-23-34-27-32(36-4-2)28-35-26-31-20-18-30(19-21-31)25-33-22-24-37-29-33;/h18-22,24,29,32H,3-17,23,25-28H2,1-2H3;1H/q+1;/p-1. The second kappa shape index (κ2) is 25.2. The molecular formula is C32H54BrNO3S. The van der Waals surface area contributed by atoms with Crippen LogP contribution in [0.2, 0.25) is 0 Å². The second-order valence-electron chi connectivity index (χ2n) is 10.3. The number of halogens is 1. The van der Waals surface area contributed by atoms with Gasteiger partial charge in [-0.2, -0.15) is 4.57 Å². The van der Waals surface area contributed by atoms with Gasteiger partial charge in [-0.15, -0.1) is 0 Å². The third-order valence-corrected chi connectivity index (χ3v) is 7.51. The molecule has 0 aliphatic heterocycles. The van der Waals surface area contributed by atoms with E-state index in [1.165, 1.54) is 94.6 Å². The van der Waals surface area contributed by atoms with Crippen LogP contribution in [0.5, 0.6) is 0 Å². The first-order valence-electron chi connectivity index (χ1n) is 15.1. The second-order valence-corrected chi connectivity index (χ2v) is 11.0. The van der Waals surface area contributed by atoms with E-state index in [-0.39, 0.29) is 23.1 Å². The lowest BCUT2D eigenvalue weighted by molar-refractivity contribution is -0.683. The molecule has 1 heterocycles. The van der Waals surface area contributed by atoms with E-state index in [1.807, 2.05) is 6.92 Å². The van der Waals surface area contributed by atoms with Gasteiger partial charge in [0.2, 0.25) is 5.51 Å². The van der Waals surface area contributed by atoms with Crippen molar-refractivity contribution in [2.75, 3.05) is 26.4 Å². The topological polar surface area (TPSA) is 31.6 Å². The molecule has 0 saturated carbocycles. The van der Waals surface area contributed by atoms with E-state index in [4.69, 9.17) is 14.2 Å². The van der Waals surface area contributed by atoms with Crippen molar-refractivity contribution in [3.63, 3.8) is 0 Å². The summed E-state index contributed by atoms with van der Waals surface area (Å²) in [5, 5.41) is 2.10. The molecule has 0 spiro atoms. The van der Waals surface area contributed by atoms with E-state index in [1.54, 1.807) is 11.3 Å². The van der Waals surface area contributed by atoms with Crippen molar-refractivity contribution in [2.45, 2.75) is 123 Å². The fourth-order valence-corrected chi connectivity index (χ4v) is 5.20.